The highest BCUT2D eigenvalue weighted by molar-refractivity contribution is 5.98. The van der Waals surface area contributed by atoms with Gasteiger partial charge in [-0.05, 0) is 126 Å². The molecule has 10 aromatic carbocycles. The maximum absolute atomic E-state index is 2.36. The summed E-state index contributed by atoms with van der Waals surface area (Å²) in [4.78, 5) is 2.32. The molecular formula is C60H43N. The summed E-state index contributed by atoms with van der Waals surface area (Å²) in [5, 5.41) is 0. The molecule has 0 heterocycles. The molecule has 0 radical (unpaired) electrons. The second-order valence-electron chi connectivity index (χ2n) is 15.3. The summed E-state index contributed by atoms with van der Waals surface area (Å²) in [6.45, 7) is 0. The summed E-state index contributed by atoms with van der Waals surface area (Å²) < 4.78 is 0. The molecule has 0 N–H and O–H groups in total. The van der Waals surface area contributed by atoms with Gasteiger partial charge in [0, 0.05) is 17.1 Å². The van der Waals surface area contributed by atoms with Gasteiger partial charge in [-0.1, -0.05) is 212 Å². The normalized spacial score (nSPS) is 11.0. The number of benzene rings is 10. The number of nitrogens with zero attached hydrogens (tertiary/aromatic N) is 1. The van der Waals surface area contributed by atoms with Gasteiger partial charge in [-0.15, -0.1) is 0 Å². The van der Waals surface area contributed by atoms with E-state index in [1.165, 1.54) is 77.9 Å². The van der Waals surface area contributed by atoms with E-state index in [4.69, 9.17) is 0 Å². The first-order valence-corrected chi connectivity index (χ1v) is 20.9. The van der Waals surface area contributed by atoms with E-state index in [1.807, 2.05) is 0 Å². The first kappa shape index (κ1) is 37.3. The third kappa shape index (κ3) is 7.93. The molecule has 0 aliphatic heterocycles. The third-order valence-corrected chi connectivity index (χ3v) is 11.5. The van der Waals surface area contributed by atoms with Crippen molar-refractivity contribution in [2.75, 3.05) is 4.90 Å². The molecule has 0 aromatic heterocycles. The molecule has 1 heteroatoms. The van der Waals surface area contributed by atoms with E-state index in [2.05, 4.69) is 266 Å². The average Bonchev–Trinajstić information content (AvgIpc) is 3.36. The zero-order valence-electron chi connectivity index (χ0n) is 33.8. The van der Waals surface area contributed by atoms with Gasteiger partial charge in [0.05, 0.1) is 0 Å². The predicted octanol–water partition coefficient (Wildman–Crippen LogP) is 16.8. The van der Waals surface area contributed by atoms with Gasteiger partial charge in [-0.3, -0.25) is 0 Å². The van der Waals surface area contributed by atoms with Gasteiger partial charge in [0.1, 0.15) is 0 Å². The summed E-state index contributed by atoms with van der Waals surface area (Å²) in [5.41, 5.74) is 20.1. The molecule has 0 bridgehead atoms. The van der Waals surface area contributed by atoms with E-state index in [-0.39, 0.29) is 0 Å². The van der Waals surface area contributed by atoms with E-state index in [0.29, 0.717) is 0 Å². The molecule has 288 valence electrons. The van der Waals surface area contributed by atoms with Crippen LogP contribution in [0.25, 0.3) is 77.9 Å². The molecule has 10 aromatic rings. The summed E-state index contributed by atoms with van der Waals surface area (Å²) in [7, 11) is 0. The number of para-hydroxylation sites is 1. The first-order valence-electron chi connectivity index (χ1n) is 20.9. The van der Waals surface area contributed by atoms with Crippen molar-refractivity contribution >= 4 is 17.1 Å². The Labute approximate surface area is 359 Å². The quantitative estimate of drug-likeness (QED) is 0.134. The fourth-order valence-corrected chi connectivity index (χ4v) is 8.39. The van der Waals surface area contributed by atoms with Gasteiger partial charge >= 0.3 is 0 Å². The lowest BCUT2D eigenvalue weighted by atomic mass is 9.84. The Kier molecular flexibility index (Phi) is 10.4. The van der Waals surface area contributed by atoms with Crippen LogP contribution in [0, 0.1) is 0 Å². The van der Waals surface area contributed by atoms with E-state index in [1.54, 1.807) is 0 Å². The van der Waals surface area contributed by atoms with Crippen molar-refractivity contribution in [2.45, 2.75) is 0 Å². The molecular weight excluding hydrogens is 735 g/mol. The lowest BCUT2D eigenvalue weighted by Crippen LogP contribution is -2.09. The van der Waals surface area contributed by atoms with Crippen LogP contribution in [0.5, 0.6) is 0 Å². The second kappa shape index (κ2) is 17.1. The standard InChI is InChI=1S/C60H43N/c1-6-16-44(17-7-1)46-26-28-47(29-27-46)49-34-38-56(39-35-49)61(55-24-14-5-15-25-55)57-40-36-50(37-41-57)48-30-32-53(33-31-48)60-58(51-20-10-3-11-21-51)42-54(45-18-8-2-9-19-45)43-59(60)52-22-12-4-13-23-52/h1-43H. The zero-order chi connectivity index (χ0) is 40.8. The highest BCUT2D eigenvalue weighted by Gasteiger charge is 2.18. The summed E-state index contributed by atoms with van der Waals surface area (Å²) in [6, 6.07) is 93.9. The molecule has 61 heavy (non-hydrogen) atoms. The first-order chi connectivity index (χ1) is 30.2. The van der Waals surface area contributed by atoms with Gasteiger partial charge in [-0.25, -0.2) is 0 Å². The van der Waals surface area contributed by atoms with E-state index < -0.39 is 0 Å². The van der Waals surface area contributed by atoms with Gasteiger partial charge in [0.15, 0.2) is 0 Å². The van der Waals surface area contributed by atoms with E-state index in [0.717, 1.165) is 17.1 Å². The van der Waals surface area contributed by atoms with Crippen molar-refractivity contribution in [2.24, 2.45) is 0 Å². The van der Waals surface area contributed by atoms with Crippen molar-refractivity contribution in [3.05, 3.63) is 261 Å². The molecule has 0 saturated heterocycles. The average molecular weight is 778 g/mol. The Hall–Kier alpha value is -8.00. The third-order valence-electron chi connectivity index (χ3n) is 11.5. The van der Waals surface area contributed by atoms with Crippen LogP contribution >= 0.6 is 0 Å². The minimum absolute atomic E-state index is 1.10. The largest absolute Gasteiger partial charge is 0.311 e. The Balaban J connectivity index is 0.973. The lowest BCUT2D eigenvalue weighted by molar-refractivity contribution is 1.28. The Morgan fingerprint density at radius 1 is 0.180 bits per heavy atom. The van der Waals surface area contributed by atoms with Crippen LogP contribution in [0.2, 0.25) is 0 Å². The highest BCUT2D eigenvalue weighted by atomic mass is 15.1. The monoisotopic (exact) mass is 777 g/mol. The molecule has 0 saturated carbocycles. The Morgan fingerprint density at radius 3 is 0.787 bits per heavy atom. The minimum Gasteiger partial charge on any atom is -0.311 e. The Morgan fingerprint density at radius 2 is 0.426 bits per heavy atom. The van der Waals surface area contributed by atoms with E-state index >= 15 is 0 Å². The maximum Gasteiger partial charge on any atom is 0.0462 e. The molecule has 0 fully saturated rings. The number of anilines is 3. The SMILES string of the molecule is c1ccc(-c2ccc(-c3ccc(N(c4ccccc4)c4ccc(-c5ccc(-c6c(-c7ccccc7)cc(-c7ccccc7)cc6-c6ccccc6)cc5)cc4)cc3)cc2)cc1. The topological polar surface area (TPSA) is 3.24 Å². The molecule has 0 atom stereocenters. The van der Waals surface area contributed by atoms with Crippen LogP contribution in [0.1, 0.15) is 0 Å². The van der Waals surface area contributed by atoms with Crippen molar-refractivity contribution in [1.82, 2.24) is 0 Å². The molecule has 0 spiro atoms. The number of rotatable bonds is 10. The molecule has 0 aliphatic carbocycles. The molecule has 1 nitrogen and oxygen atoms in total. The Bertz CT molecular complexity index is 2920. The zero-order valence-corrected chi connectivity index (χ0v) is 33.8. The van der Waals surface area contributed by atoms with Gasteiger partial charge in [0.25, 0.3) is 0 Å². The van der Waals surface area contributed by atoms with Crippen LogP contribution in [0.15, 0.2) is 261 Å². The van der Waals surface area contributed by atoms with Crippen molar-refractivity contribution in [1.29, 1.82) is 0 Å². The molecule has 0 unspecified atom stereocenters. The van der Waals surface area contributed by atoms with Crippen LogP contribution in [-0.2, 0) is 0 Å². The summed E-state index contributed by atoms with van der Waals surface area (Å²) in [5.74, 6) is 0. The summed E-state index contributed by atoms with van der Waals surface area (Å²) in [6.07, 6.45) is 0. The predicted molar refractivity (Wildman–Crippen MR) is 259 cm³/mol. The molecule has 0 aliphatic rings. The van der Waals surface area contributed by atoms with Gasteiger partial charge in [-0.2, -0.15) is 0 Å². The van der Waals surface area contributed by atoms with Crippen LogP contribution in [-0.4, -0.2) is 0 Å². The maximum atomic E-state index is 2.36. The highest BCUT2D eigenvalue weighted by Crippen LogP contribution is 2.44. The smallest absolute Gasteiger partial charge is 0.0462 e. The van der Waals surface area contributed by atoms with Crippen LogP contribution < -0.4 is 4.90 Å². The van der Waals surface area contributed by atoms with Crippen molar-refractivity contribution in [3.63, 3.8) is 0 Å². The van der Waals surface area contributed by atoms with E-state index in [9.17, 15) is 0 Å². The fourth-order valence-electron chi connectivity index (χ4n) is 8.39. The number of hydrogen-bond donors (Lipinski definition) is 0. The van der Waals surface area contributed by atoms with Crippen LogP contribution in [0.4, 0.5) is 17.1 Å². The summed E-state index contributed by atoms with van der Waals surface area (Å²) >= 11 is 0. The van der Waals surface area contributed by atoms with Gasteiger partial charge < -0.3 is 4.90 Å². The molecule has 0 amide bonds. The van der Waals surface area contributed by atoms with Crippen LogP contribution in [0.3, 0.4) is 0 Å². The van der Waals surface area contributed by atoms with Crippen molar-refractivity contribution < 1.29 is 0 Å². The molecule has 10 rings (SSSR count). The van der Waals surface area contributed by atoms with Crippen molar-refractivity contribution in [3.8, 4) is 77.9 Å². The second-order valence-corrected chi connectivity index (χ2v) is 15.3. The number of hydrogen-bond acceptors (Lipinski definition) is 1. The van der Waals surface area contributed by atoms with Gasteiger partial charge in [0.2, 0.25) is 0 Å². The lowest BCUT2D eigenvalue weighted by Gasteiger charge is -2.26. The minimum atomic E-state index is 1.10. The fraction of sp³-hybridized carbons (Fsp3) is 0.